The van der Waals surface area contributed by atoms with Gasteiger partial charge < -0.3 is 29.4 Å². The van der Waals surface area contributed by atoms with E-state index in [0.29, 0.717) is 18.4 Å². The first-order valence-corrected chi connectivity index (χ1v) is 12.3. The molecule has 1 aromatic rings. The standard InChI is InChI=1S/C26H39NO9/c1-8-16(5)24(30)35-21-11-10-19(13-22(21)36-25(31)17(6)9-2)12-20(23(28)29)27-14-18(7)34-26(32)33-15(3)4/h10-11,13,15-18,20,27H,8-9,12,14H2,1-7H3,(H,28,29)/t16?,17?,18?,20-/m0/s1. The van der Waals surface area contributed by atoms with Crippen LogP contribution in [0.2, 0.25) is 0 Å². The van der Waals surface area contributed by atoms with Gasteiger partial charge >= 0.3 is 24.1 Å². The van der Waals surface area contributed by atoms with Crippen molar-refractivity contribution in [3.63, 3.8) is 0 Å². The van der Waals surface area contributed by atoms with Crippen molar-refractivity contribution in [2.75, 3.05) is 6.54 Å². The molecule has 0 aromatic heterocycles. The number of carbonyl (C=O) groups excluding carboxylic acids is 3. The molecule has 0 amide bonds. The van der Waals surface area contributed by atoms with Gasteiger partial charge in [-0.3, -0.25) is 14.4 Å². The molecule has 4 atom stereocenters. The molecular weight excluding hydrogens is 470 g/mol. The second kappa shape index (κ2) is 15.1. The second-order valence-electron chi connectivity index (χ2n) is 9.09. The first-order chi connectivity index (χ1) is 16.9. The molecule has 2 N–H and O–H groups in total. The molecule has 10 nitrogen and oxygen atoms in total. The maximum absolute atomic E-state index is 12.4. The summed E-state index contributed by atoms with van der Waals surface area (Å²) in [5.74, 6) is -2.63. The second-order valence-corrected chi connectivity index (χ2v) is 9.09. The van der Waals surface area contributed by atoms with E-state index in [2.05, 4.69) is 5.32 Å². The monoisotopic (exact) mass is 509 g/mol. The lowest BCUT2D eigenvalue weighted by Crippen LogP contribution is -2.42. The maximum atomic E-state index is 12.4. The van der Waals surface area contributed by atoms with Crippen molar-refractivity contribution >= 4 is 24.1 Å². The lowest BCUT2D eigenvalue weighted by molar-refractivity contribution is -0.141. The Labute approximate surface area is 212 Å². The van der Waals surface area contributed by atoms with E-state index in [0.717, 1.165) is 0 Å². The fourth-order valence-corrected chi connectivity index (χ4v) is 2.81. The Morgan fingerprint density at radius 2 is 1.42 bits per heavy atom. The summed E-state index contributed by atoms with van der Waals surface area (Å²) in [4.78, 5) is 48.2. The van der Waals surface area contributed by atoms with Gasteiger partial charge in [0.25, 0.3) is 0 Å². The number of carboxylic acid groups (broad SMARTS) is 1. The third kappa shape index (κ3) is 10.6. The van der Waals surface area contributed by atoms with E-state index in [1.54, 1.807) is 40.7 Å². The van der Waals surface area contributed by atoms with Crippen LogP contribution >= 0.6 is 0 Å². The summed E-state index contributed by atoms with van der Waals surface area (Å²) < 4.78 is 21.0. The van der Waals surface area contributed by atoms with Crippen LogP contribution in [0.3, 0.4) is 0 Å². The van der Waals surface area contributed by atoms with Gasteiger partial charge in [0.05, 0.1) is 17.9 Å². The summed E-state index contributed by atoms with van der Waals surface area (Å²) in [6.07, 6.45) is -0.612. The van der Waals surface area contributed by atoms with Gasteiger partial charge in [0.15, 0.2) is 11.5 Å². The number of hydrogen-bond donors (Lipinski definition) is 2. The molecule has 0 aliphatic carbocycles. The lowest BCUT2D eigenvalue weighted by Gasteiger charge is -2.20. The highest BCUT2D eigenvalue weighted by atomic mass is 16.7. The Balaban J connectivity index is 3.02. The summed E-state index contributed by atoms with van der Waals surface area (Å²) in [5.41, 5.74) is 0.540. The molecule has 10 heteroatoms. The first kappa shape index (κ1) is 30.9. The van der Waals surface area contributed by atoms with Crippen molar-refractivity contribution in [3.05, 3.63) is 23.8 Å². The summed E-state index contributed by atoms with van der Waals surface area (Å²) >= 11 is 0. The first-order valence-electron chi connectivity index (χ1n) is 12.3. The van der Waals surface area contributed by atoms with Gasteiger partial charge in [-0.1, -0.05) is 33.8 Å². The van der Waals surface area contributed by atoms with Crippen molar-refractivity contribution in [2.24, 2.45) is 11.8 Å². The predicted molar refractivity (Wildman–Crippen MR) is 132 cm³/mol. The van der Waals surface area contributed by atoms with Crippen LogP contribution < -0.4 is 14.8 Å². The molecular formula is C26H39NO9. The summed E-state index contributed by atoms with van der Waals surface area (Å²) in [6, 6.07) is 3.57. The highest BCUT2D eigenvalue weighted by Gasteiger charge is 2.23. The number of carboxylic acids is 1. The Morgan fingerprint density at radius 1 is 0.861 bits per heavy atom. The van der Waals surface area contributed by atoms with E-state index >= 15 is 0 Å². The number of aliphatic carboxylic acids is 1. The van der Waals surface area contributed by atoms with Crippen LogP contribution in [0.1, 0.15) is 66.9 Å². The molecule has 0 fully saturated rings. The minimum Gasteiger partial charge on any atom is -0.480 e. The molecule has 0 aliphatic heterocycles. The van der Waals surface area contributed by atoms with Crippen LogP contribution in [-0.2, 0) is 30.3 Å². The number of rotatable bonds is 14. The molecule has 0 heterocycles. The van der Waals surface area contributed by atoms with Crippen molar-refractivity contribution in [2.45, 2.75) is 86.0 Å². The number of ether oxygens (including phenoxy) is 4. The number of carbonyl (C=O) groups is 4. The lowest BCUT2D eigenvalue weighted by atomic mass is 10.0. The van der Waals surface area contributed by atoms with Crippen LogP contribution in [0.4, 0.5) is 4.79 Å². The quantitative estimate of drug-likeness (QED) is 0.278. The number of benzene rings is 1. The number of esters is 2. The molecule has 1 rings (SSSR count). The van der Waals surface area contributed by atoms with Crippen LogP contribution in [0.15, 0.2) is 18.2 Å². The molecule has 1 aromatic carbocycles. The van der Waals surface area contributed by atoms with Gasteiger partial charge in [0, 0.05) is 6.54 Å². The topological polar surface area (TPSA) is 137 Å². The summed E-state index contributed by atoms with van der Waals surface area (Å²) in [5, 5.41) is 12.5. The highest BCUT2D eigenvalue weighted by molar-refractivity contribution is 5.78. The van der Waals surface area contributed by atoms with Gasteiger partial charge in [-0.2, -0.15) is 0 Å². The minimum absolute atomic E-state index is 0.0337. The van der Waals surface area contributed by atoms with Crippen LogP contribution in [0, 0.1) is 11.8 Å². The third-order valence-electron chi connectivity index (χ3n) is 5.48. The fourth-order valence-electron chi connectivity index (χ4n) is 2.81. The van der Waals surface area contributed by atoms with Crippen molar-refractivity contribution in [3.8, 4) is 11.5 Å². The summed E-state index contributed by atoms with van der Waals surface area (Å²) in [7, 11) is 0. The van der Waals surface area contributed by atoms with Gasteiger partial charge in [0.2, 0.25) is 0 Å². The fraction of sp³-hybridized carbons (Fsp3) is 0.615. The van der Waals surface area contributed by atoms with Crippen LogP contribution in [-0.4, -0.2) is 54.0 Å². The maximum Gasteiger partial charge on any atom is 0.508 e. The Kier molecular flexibility index (Phi) is 12.9. The van der Waals surface area contributed by atoms with Gasteiger partial charge in [-0.05, 0) is 57.7 Å². The molecule has 0 spiro atoms. The molecule has 0 radical (unpaired) electrons. The van der Waals surface area contributed by atoms with E-state index in [4.69, 9.17) is 18.9 Å². The zero-order chi connectivity index (χ0) is 27.4. The number of hydrogen-bond acceptors (Lipinski definition) is 9. The van der Waals surface area contributed by atoms with E-state index in [1.165, 1.54) is 12.1 Å². The van der Waals surface area contributed by atoms with Crippen molar-refractivity contribution in [1.82, 2.24) is 5.32 Å². The highest BCUT2D eigenvalue weighted by Crippen LogP contribution is 2.31. The SMILES string of the molecule is CCC(C)C(=O)Oc1ccc(C[C@H](NCC(C)OC(=O)OC(C)C)C(=O)O)cc1OC(=O)C(C)CC. The molecule has 0 bridgehead atoms. The smallest absolute Gasteiger partial charge is 0.480 e. The van der Waals surface area contributed by atoms with Gasteiger partial charge in [-0.25, -0.2) is 4.79 Å². The molecule has 202 valence electrons. The average molecular weight is 510 g/mol. The molecule has 0 aliphatic rings. The zero-order valence-corrected chi connectivity index (χ0v) is 22.2. The van der Waals surface area contributed by atoms with Crippen molar-refractivity contribution in [1.29, 1.82) is 0 Å². The Morgan fingerprint density at radius 3 is 1.92 bits per heavy atom. The van der Waals surface area contributed by atoms with Crippen LogP contribution in [0.5, 0.6) is 11.5 Å². The van der Waals surface area contributed by atoms with E-state index in [9.17, 15) is 24.3 Å². The molecule has 0 saturated heterocycles. The summed E-state index contributed by atoms with van der Waals surface area (Å²) in [6.45, 7) is 12.2. The van der Waals surface area contributed by atoms with E-state index in [1.807, 2.05) is 13.8 Å². The van der Waals surface area contributed by atoms with E-state index < -0.39 is 36.2 Å². The van der Waals surface area contributed by atoms with Gasteiger partial charge in [0.1, 0.15) is 12.1 Å². The minimum atomic E-state index is -1.11. The van der Waals surface area contributed by atoms with Crippen molar-refractivity contribution < 1.29 is 43.2 Å². The normalized spacial score (nSPS) is 14.3. The van der Waals surface area contributed by atoms with Crippen LogP contribution in [0.25, 0.3) is 0 Å². The molecule has 0 saturated carbocycles. The Hall–Kier alpha value is -3.14. The predicted octanol–water partition coefficient (Wildman–Crippen LogP) is 4.13. The number of nitrogens with one attached hydrogen (secondary N) is 1. The van der Waals surface area contributed by atoms with Gasteiger partial charge in [-0.15, -0.1) is 0 Å². The zero-order valence-electron chi connectivity index (χ0n) is 22.2. The molecule has 36 heavy (non-hydrogen) atoms. The van der Waals surface area contributed by atoms with E-state index in [-0.39, 0.29) is 42.4 Å². The molecule has 3 unspecified atom stereocenters. The third-order valence-corrected chi connectivity index (χ3v) is 5.48. The Bertz CT molecular complexity index is 899. The largest absolute Gasteiger partial charge is 0.508 e. The average Bonchev–Trinajstić information content (AvgIpc) is 2.80.